The minimum Gasteiger partial charge on any atom is -0.384 e. The number of ether oxygens (including phenoxy) is 1. The van der Waals surface area contributed by atoms with Gasteiger partial charge in [0.05, 0.1) is 11.7 Å². The van der Waals surface area contributed by atoms with Gasteiger partial charge < -0.3 is 15.2 Å². The average Bonchev–Trinajstić information content (AvgIpc) is 2.43. The van der Waals surface area contributed by atoms with E-state index in [1.807, 2.05) is 13.8 Å². The predicted molar refractivity (Wildman–Crippen MR) is 71.6 cm³/mol. The van der Waals surface area contributed by atoms with Crippen LogP contribution in [0.1, 0.15) is 29.9 Å². The number of carbonyl (C=O) groups excluding carboxylic acids is 1. The highest BCUT2D eigenvalue weighted by molar-refractivity contribution is 5.94. The topological polar surface area (TPSA) is 71.5 Å². The summed E-state index contributed by atoms with van der Waals surface area (Å²) in [5, 5.41) is 11.4. The van der Waals surface area contributed by atoms with E-state index in [0.717, 1.165) is 0 Å². The summed E-state index contributed by atoms with van der Waals surface area (Å²) < 4.78 is 5.33. The molecule has 0 aliphatic rings. The monoisotopic (exact) mass is 262 g/mol. The summed E-state index contributed by atoms with van der Waals surface area (Å²) in [6, 6.07) is 3.39. The van der Waals surface area contributed by atoms with Crippen LogP contribution >= 0.6 is 0 Å². The van der Waals surface area contributed by atoms with Gasteiger partial charge in [0, 0.05) is 19.3 Å². The van der Waals surface area contributed by atoms with Gasteiger partial charge in [0.2, 0.25) is 0 Å². The van der Waals surface area contributed by atoms with Crippen LogP contribution < -0.4 is 5.32 Å². The molecule has 0 aliphatic heterocycles. The molecule has 0 saturated carbocycles. The molecule has 5 heteroatoms. The van der Waals surface area contributed by atoms with Crippen molar-refractivity contribution in [1.29, 1.82) is 0 Å². The predicted octanol–water partition coefficient (Wildman–Crippen LogP) is 0.580. The molecule has 2 N–H and O–H groups in total. The Morgan fingerprint density at radius 2 is 2.42 bits per heavy atom. The standard InChI is InChI=1S/C14H18N2O3/c1-3-19-11(2)10-16-14(18)13-12(7-5-9-17)6-4-8-15-13/h4,6,8,11,17H,3,9-10H2,1-2H3,(H,16,18). The van der Waals surface area contributed by atoms with Crippen LogP contribution in [0, 0.1) is 11.8 Å². The number of hydrogen-bond donors (Lipinski definition) is 2. The second kappa shape index (κ2) is 8.25. The molecule has 102 valence electrons. The number of pyridine rings is 1. The summed E-state index contributed by atoms with van der Waals surface area (Å²) in [4.78, 5) is 16.0. The van der Waals surface area contributed by atoms with E-state index in [9.17, 15) is 4.79 Å². The first-order valence-electron chi connectivity index (χ1n) is 6.13. The van der Waals surface area contributed by atoms with E-state index in [2.05, 4.69) is 22.1 Å². The Morgan fingerprint density at radius 1 is 1.63 bits per heavy atom. The minimum absolute atomic E-state index is 0.0513. The van der Waals surface area contributed by atoms with E-state index < -0.39 is 0 Å². The van der Waals surface area contributed by atoms with Crippen LogP contribution in [0.3, 0.4) is 0 Å². The molecule has 0 fully saturated rings. The fourth-order valence-electron chi connectivity index (χ4n) is 1.49. The van der Waals surface area contributed by atoms with Gasteiger partial charge in [-0.3, -0.25) is 4.79 Å². The number of aliphatic hydroxyl groups excluding tert-OH is 1. The van der Waals surface area contributed by atoms with E-state index in [1.54, 1.807) is 12.1 Å². The minimum atomic E-state index is -0.297. The molecule has 19 heavy (non-hydrogen) atoms. The van der Waals surface area contributed by atoms with Crippen molar-refractivity contribution in [2.75, 3.05) is 19.8 Å². The Balaban J connectivity index is 2.71. The van der Waals surface area contributed by atoms with Crippen LogP contribution in [0.4, 0.5) is 0 Å². The van der Waals surface area contributed by atoms with Crippen molar-refractivity contribution in [1.82, 2.24) is 10.3 Å². The van der Waals surface area contributed by atoms with Crippen LogP contribution in [0.2, 0.25) is 0 Å². The molecule has 0 radical (unpaired) electrons. The van der Waals surface area contributed by atoms with Gasteiger partial charge in [0.1, 0.15) is 12.3 Å². The second-order valence-corrected chi connectivity index (χ2v) is 3.84. The Labute approximate surface area is 113 Å². The van der Waals surface area contributed by atoms with Crippen molar-refractivity contribution in [3.63, 3.8) is 0 Å². The van der Waals surface area contributed by atoms with Crippen LogP contribution in [-0.4, -0.2) is 41.9 Å². The van der Waals surface area contributed by atoms with Gasteiger partial charge in [-0.15, -0.1) is 0 Å². The van der Waals surface area contributed by atoms with E-state index in [4.69, 9.17) is 9.84 Å². The molecular weight excluding hydrogens is 244 g/mol. The van der Waals surface area contributed by atoms with Gasteiger partial charge >= 0.3 is 0 Å². The average molecular weight is 262 g/mol. The van der Waals surface area contributed by atoms with E-state index >= 15 is 0 Å². The summed E-state index contributed by atoms with van der Waals surface area (Å²) in [5.41, 5.74) is 0.755. The highest BCUT2D eigenvalue weighted by Gasteiger charge is 2.12. The fourth-order valence-corrected chi connectivity index (χ4v) is 1.49. The molecule has 5 nitrogen and oxygen atoms in total. The van der Waals surface area contributed by atoms with Gasteiger partial charge in [0.25, 0.3) is 5.91 Å². The van der Waals surface area contributed by atoms with Crippen molar-refractivity contribution < 1.29 is 14.6 Å². The Bertz CT molecular complexity index is 477. The van der Waals surface area contributed by atoms with Gasteiger partial charge in [-0.25, -0.2) is 4.98 Å². The third kappa shape index (κ3) is 5.08. The number of aromatic nitrogens is 1. The fraction of sp³-hybridized carbons (Fsp3) is 0.429. The lowest BCUT2D eigenvalue weighted by atomic mass is 10.2. The van der Waals surface area contributed by atoms with Crippen LogP contribution in [0.25, 0.3) is 0 Å². The summed E-state index contributed by atoms with van der Waals surface area (Å²) in [6.45, 7) is 4.55. The third-order valence-corrected chi connectivity index (χ3v) is 2.33. The summed E-state index contributed by atoms with van der Waals surface area (Å²) in [6.07, 6.45) is 1.48. The van der Waals surface area contributed by atoms with Crippen LogP contribution in [0.15, 0.2) is 18.3 Å². The van der Waals surface area contributed by atoms with E-state index in [0.29, 0.717) is 18.7 Å². The largest absolute Gasteiger partial charge is 0.384 e. The summed E-state index contributed by atoms with van der Waals surface area (Å²) in [5.74, 6) is 4.91. The molecule has 1 aromatic rings. The maximum absolute atomic E-state index is 12.0. The van der Waals surface area contributed by atoms with Gasteiger partial charge in [-0.2, -0.15) is 0 Å². The Kier molecular flexibility index (Phi) is 6.58. The molecule has 1 heterocycles. The first-order valence-corrected chi connectivity index (χ1v) is 6.13. The van der Waals surface area contributed by atoms with E-state index in [-0.39, 0.29) is 24.3 Å². The molecule has 1 atom stereocenters. The second-order valence-electron chi connectivity index (χ2n) is 3.84. The van der Waals surface area contributed by atoms with Crippen molar-refractivity contribution in [2.45, 2.75) is 20.0 Å². The first kappa shape index (κ1) is 15.2. The molecule has 0 aliphatic carbocycles. The zero-order valence-corrected chi connectivity index (χ0v) is 11.1. The molecule has 0 saturated heterocycles. The molecule has 1 rings (SSSR count). The van der Waals surface area contributed by atoms with Crippen LogP contribution in [0.5, 0.6) is 0 Å². The SMILES string of the molecule is CCOC(C)CNC(=O)c1ncccc1C#CCO. The van der Waals surface area contributed by atoms with Crippen LogP contribution in [-0.2, 0) is 4.74 Å². The summed E-state index contributed by atoms with van der Waals surface area (Å²) >= 11 is 0. The molecule has 1 amide bonds. The maximum atomic E-state index is 12.0. The first-order chi connectivity index (χ1) is 9.19. The van der Waals surface area contributed by atoms with Crippen molar-refractivity contribution >= 4 is 5.91 Å². The summed E-state index contributed by atoms with van der Waals surface area (Å²) in [7, 11) is 0. The maximum Gasteiger partial charge on any atom is 0.271 e. The van der Waals surface area contributed by atoms with Crippen molar-refractivity contribution in [2.24, 2.45) is 0 Å². The number of amides is 1. The van der Waals surface area contributed by atoms with Gasteiger partial charge in [-0.05, 0) is 26.0 Å². The quantitative estimate of drug-likeness (QED) is 0.761. The normalized spacial score (nSPS) is 11.3. The lowest BCUT2D eigenvalue weighted by molar-refractivity contribution is 0.0693. The highest BCUT2D eigenvalue weighted by Crippen LogP contribution is 2.03. The molecule has 0 aromatic carbocycles. The number of rotatable bonds is 5. The molecular formula is C14H18N2O3. The van der Waals surface area contributed by atoms with Gasteiger partial charge in [-0.1, -0.05) is 11.8 Å². The zero-order chi connectivity index (χ0) is 14.1. The molecule has 0 spiro atoms. The Hall–Kier alpha value is -1.90. The number of nitrogens with zero attached hydrogens (tertiary/aromatic N) is 1. The molecule has 1 unspecified atom stereocenters. The lowest BCUT2D eigenvalue weighted by Gasteiger charge is -2.12. The van der Waals surface area contributed by atoms with Crippen molar-refractivity contribution in [3.05, 3.63) is 29.6 Å². The molecule has 0 bridgehead atoms. The number of aliphatic hydroxyl groups is 1. The third-order valence-electron chi connectivity index (χ3n) is 2.33. The van der Waals surface area contributed by atoms with Crippen molar-refractivity contribution in [3.8, 4) is 11.8 Å². The van der Waals surface area contributed by atoms with Gasteiger partial charge in [0.15, 0.2) is 0 Å². The van der Waals surface area contributed by atoms with E-state index in [1.165, 1.54) is 6.20 Å². The smallest absolute Gasteiger partial charge is 0.271 e. The number of nitrogens with one attached hydrogen (secondary N) is 1. The lowest BCUT2D eigenvalue weighted by Crippen LogP contribution is -2.33. The molecule has 1 aromatic heterocycles. The zero-order valence-electron chi connectivity index (χ0n) is 11.1. The Morgan fingerprint density at radius 3 is 3.11 bits per heavy atom. The number of carbonyl (C=O) groups is 1. The number of hydrogen-bond acceptors (Lipinski definition) is 4. The highest BCUT2D eigenvalue weighted by atomic mass is 16.5.